The topological polar surface area (TPSA) is 108 Å². The lowest BCUT2D eigenvalue weighted by Gasteiger charge is -2.53. The Morgan fingerprint density at radius 2 is 1.80 bits per heavy atom. The molecule has 6 aliphatic rings. The highest BCUT2D eigenvalue weighted by molar-refractivity contribution is 6.05. The number of alkyl halides is 2. The zero-order valence-electron chi connectivity index (χ0n) is 25.1. The summed E-state index contributed by atoms with van der Waals surface area (Å²) in [6, 6.07) is 3.28. The van der Waals surface area contributed by atoms with Crippen LogP contribution in [0.25, 0.3) is 0 Å². The molecule has 0 radical (unpaired) electrons. The maximum atomic E-state index is 15.5. The van der Waals surface area contributed by atoms with Crippen LogP contribution in [0.5, 0.6) is 5.75 Å². The van der Waals surface area contributed by atoms with Crippen LogP contribution < -0.4 is 10.1 Å². The van der Waals surface area contributed by atoms with E-state index >= 15 is 8.78 Å². The Hall–Kier alpha value is -3.12. The van der Waals surface area contributed by atoms with Crippen LogP contribution in [0.2, 0.25) is 0 Å². The van der Waals surface area contributed by atoms with Crippen molar-refractivity contribution in [2.75, 3.05) is 39.4 Å². The van der Waals surface area contributed by atoms with Crippen molar-refractivity contribution >= 4 is 23.6 Å². The molecule has 5 heterocycles. The van der Waals surface area contributed by atoms with Crippen molar-refractivity contribution < 1.29 is 37.4 Å². The van der Waals surface area contributed by atoms with E-state index in [-0.39, 0.29) is 43.5 Å². The van der Waals surface area contributed by atoms with Crippen molar-refractivity contribution in [3.05, 3.63) is 29.3 Å². The summed E-state index contributed by atoms with van der Waals surface area (Å²) in [5.41, 5.74) is 0.744. The summed E-state index contributed by atoms with van der Waals surface area (Å²) in [7, 11) is 0. The van der Waals surface area contributed by atoms with Gasteiger partial charge >= 0.3 is 0 Å². The fourth-order valence-corrected chi connectivity index (χ4v) is 8.10. The van der Waals surface area contributed by atoms with Crippen LogP contribution >= 0.6 is 0 Å². The number of ether oxygens (including phenoxy) is 2. The van der Waals surface area contributed by atoms with Crippen molar-refractivity contribution in [2.45, 2.75) is 82.5 Å². The van der Waals surface area contributed by atoms with Gasteiger partial charge in [-0.05, 0) is 74.6 Å². The van der Waals surface area contributed by atoms with E-state index in [2.05, 4.69) is 5.32 Å². The number of carbonyl (C=O) groups excluding carboxylic acids is 4. The molecule has 0 spiro atoms. The lowest BCUT2D eigenvalue weighted by molar-refractivity contribution is -0.176. The predicted molar refractivity (Wildman–Crippen MR) is 153 cm³/mol. The van der Waals surface area contributed by atoms with E-state index < -0.39 is 35.4 Å². The minimum atomic E-state index is -2.88. The van der Waals surface area contributed by atoms with E-state index in [1.54, 1.807) is 18.2 Å². The molecule has 1 N–H and O–H groups in total. The largest absolute Gasteiger partial charge is 0.489 e. The Kier molecular flexibility index (Phi) is 7.43. The summed E-state index contributed by atoms with van der Waals surface area (Å²) in [5, 5.41) is 2.30. The van der Waals surface area contributed by atoms with Crippen molar-refractivity contribution in [3.63, 3.8) is 0 Å². The summed E-state index contributed by atoms with van der Waals surface area (Å²) in [6.45, 7) is 5.74. The Bertz CT molecular complexity index is 1350. The van der Waals surface area contributed by atoms with Gasteiger partial charge in [-0.1, -0.05) is 0 Å². The molecule has 5 aliphatic heterocycles. The smallest absolute Gasteiger partial charge is 0.266 e. The van der Waals surface area contributed by atoms with Gasteiger partial charge in [-0.2, -0.15) is 0 Å². The Morgan fingerprint density at radius 3 is 2.48 bits per heavy atom. The number of nitrogens with one attached hydrogen (secondary N) is 1. The highest BCUT2D eigenvalue weighted by atomic mass is 19.3. The van der Waals surface area contributed by atoms with Crippen LogP contribution in [-0.4, -0.2) is 102 Å². The molecule has 0 aromatic heterocycles. The lowest BCUT2D eigenvalue weighted by Crippen LogP contribution is -2.66. The van der Waals surface area contributed by atoms with Gasteiger partial charge in [-0.15, -0.1) is 0 Å². The first kappa shape index (κ1) is 29.6. The molecule has 1 aromatic carbocycles. The molecule has 0 bridgehead atoms. The van der Waals surface area contributed by atoms with Crippen LogP contribution in [0.4, 0.5) is 8.78 Å². The summed E-state index contributed by atoms with van der Waals surface area (Å²) in [5.74, 6) is -2.62. The molecule has 12 heteroatoms. The molecule has 10 nitrogen and oxygen atoms in total. The maximum Gasteiger partial charge on any atom is 0.266 e. The van der Waals surface area contributed by atoms with E-state index in [1.165, 1.54) is 4.90 Å². The summed E-state index contributed by atoms with van der Waals surface area (Å²) >= 11 is 0. The van der Waals surface area contributed by atoms with E-state index in [9.17, 15) is 19.2 Å². The lowest BCUT2D eigenvalue weighted by atomic mass is 9.76. The first-order valence-corrected chi connectivity index (χ1v) is 16.0. The number of rotatable bonds is 6. The van der Waals surface area contributed by atoms with Gasteiger partial charge in [0.25, 0.3) is 11.8 Å². The third-order valence-corrected chi connectivity index (χ3v) is 10.7. The summed E-state index contributed by atoms with van der Waals surface area (Å²) in [6.07, 6.45) is 2.27. The predicted octanol–water partition coefficient (Wildman–Crippen LogP) is 2.59. The molecule has 44 heavy (non-hydrogen) atoms. The van der Waals surface area contributed by atoms with Crippen molar-refractivity contribution in [1.29, 1.82) is 0 Å². The normalized spacial score (nSPS) is 30.8. The highest BCUT2D eigenvalue weighted by Gasteiger charge is 2.55. The Balaban J connectivity index is 0.974. The molecule has 1 unspecified atom stereocenters. The van der Waals surface area contributed by atoms with Gasteiger partial charge in [0.15, 0.2) is 0 Å². The van der Waals surface area contributed by atoms with Gasteiger partial charge in [-0.25, -0.2) is 8.78 Å². The molecule has 1 saturated carbocycles. The average molecular weight is 615 g/mol. The number of likely N-dealkylation sites (tertiary alicyclic amines) is 2. The van der Waals surface area contributed by atoms with E-state index in [1.807, 2.05) is 16.7 Å². The number of carbonyl (C=O) groups is 4. The molecular weight excluding hydrogens is 574 g/mol. The van der Waals surface area contributed by atoms with Gasteiger partial charge in [0.1, 0.15) is 23.9 Å². The number of piperidine rings is 2. The number of nitrogens with zero attached hydrogens (tertiary/aromatic N) is 3. The zero-order chi connectivity index (χ0) is 30.8. The standard InChI is InChI=1S/C32H40F2N4O6/c1-31(17-43-18-31)30(42)36-11-8-19(9-12-36)21-14-37(15-21)27-25(3-2-10-32(27,33)34)44-22-4-5-23-20(13-22)16-38(29(23)41)24-6-7-26(39)35-28(24)40/h4-5,13,19,21,24-25,27H,2-3,6-12,14-18H2,1H3,(H,35,39,40)/t24?,25-,27-/m0/s1. The fraction of sp³-hybridized carbons (Fsp3) is 0.688. The van der Waals surface area contributed by atoms with Gasteiger partial charge in [0.2, 0.25) is 17.7 Å². The van der Waals surface area contributed by atoms with Gasteiger partial charge < -0.3 is 19.3 Å². The molecule has 238 valence electrons. The minimum absolute atomic E-state index is 0.165. The number of benzene rings is 1. The second-order valence-electron chi connectivity index (χ2n) is 13.9. The number of halogens is 2. The van der Waals surface area contributed by atoms with Crippen molar-refractivity contribution in [1.82, 2.24) is 20.0 Å². The average Bonchev–Trinajstić information content (AvgIpc) is 3.27. The van der Waals surface area contributed by atoms with E-state index in [0.717, 1.165) is 12.8 Å². The van der Waals surface area contributed by atoms with Gasteiger partial charge in [-0.3, -0.25) is 29.4 Å². The first-order valence-electron chi connectivity index (χ1n) is 16.0. The van der Waals surface area contributed by atoms with Crippen LogP contribution in [0, 0.1) is 17.3 Å². The van der Waals surface area contributed by atoms with E-state index in [0.29, 0.717) is 80.9 Å². The molecule has 3 atom stereocenters. The SMILES string of the molecule is CC1(C(=O)N2CCC(C3CN([C@H]4[C@@H](Oc5ccc6c(c5)CN(C5CCC(=O)NC5=O)C6=O)CCCC4(F)F)C3)CC2)COC1. The van der Waals surface area contributed by atoms with Gasteiger partial charge in [0.05, 0.1) is 18.6 Å². The van der Waals surface area contributed by atoms with E-state index in [4.69, 9.17) is 9.47 Å². The maximum absolute atomic E-state index is 15.5. The number of hydrogen-bond donors (Lipinski definition) is 1. The molecule has 4 amide bonds. The number of hydrogen-bond acceptors (Lipinski definition) is 7. The third-order valence-electron chi connectivity index (χ3n) is 10.7. The minimum Gasteiger partial charge on any atom is -0.489 e. The quantitative estimate of drug-likeness (QED) is 0.491. The van der Waals surface area contributed by atoms with Crippen LogP contribution in [0.3, 0.4) is 0 Å². The molecule has 5 fully saturated rings. The molecule has 7 rings (SSSR count). The highest BCUT2D eigenvalue weighted by Crippen LogP contribution is 2.44. The second kappa shape index (κ2) is 11.0. The molecular formula is C32H40F2N4O6. The number of fused-ring (bicyclic) bond motifs is 1. The first-order chi connectivity index (χ1) is 21.0. The second-order valence-corrected chi connectivity index (χ2v) is 13.9. The summed E-state index contributed by atoms with van der Waals surface area (Å²) < 4.78 is 42.5. The Morgan fingerprint density at radius 1 is 1.05 bits per heavy atom. The Labute approximate surface area is 255 Å². The van der Waals surface area contributed by atoms with Gasteiger partial charge in [0, 0.05) is 51.1 Å². The van der Waals surface area contributed by atoms with Crippen LogP contribution in [-0.2, 0) is 25.7 Å². The zero-order valence-corrected chi connectivity index (χ0v) is 25.1. The summed E-state index contributed by atoms with van der Waals surface area (Å²) in [4.78, 5) is 55.2. The molecule has 1 aromatic rings. The van der Waals surface area contributed by atoms with Crippen LogP contribution in [0.15, 0.2) is 18.2 Å². The number of imide groups is 1. The number of amides is 4. The van der Waals surface area contributed by atoms with Crippen molar-refractivity contribution in [3.8, 4) is 5.75 Å². The molecule has 1 aliphatic carbocycles. The third kappa shape index (κ3) is 5.17. The van der Waals surface area contributed by atoms with Crippen LogP contribution in [0.1, 0.15) is 67.8 Å². The fourth-order valence-electron chi connectivity index (χ4n) is 8.10. The van der Waals surface area contributed by atoms with Crippen molar-refractivity contribution in [2.24, 2.45) is 17.3 Å². The molecule has 4 saturated heterocycles. The monoisotopic (exact) mass is 614 g/mol.